The maximum absolute atomic E-state index is 6.35. The van der Waals surface area contributed by atoms with Gasteiger partial charge < -0.3 is 12.3 Å². The van der Waals surface area contributed by atoms with Crippen molar-refractivity contribution < 1.29 is 17.3 Å². The summed E-state index contributed by atoms with van der Waals surface area (Å²) in [7, 11) is 4.76. The molecule has 0 unspecified atom stereocenters. The van der Waals surface area contributed by atoms with Crippen LogP contribution >= 0.6 is 9.69 Å². The molecule has 0 atom stereocenters. The zero-order valence-electron chi connectivity index (χ0n) is 4.50. The van der Waals surface area contributed by atoms with Gasteiger partial charge in [-0.2, -0.15) is 0 Å². The molecule has 0 saturated heterocycles. The molecule has 7 heavy (non-hydrogen) atoms. The van der Waals surface area contributed by atoms with Gasteiger partial charge in [0.1, 0.15) is 0 Å². The third-order valence-electron chi connectivity index (χ3n) is 0.375. The third kappa shape index (κ3) is 21.2. The van der Waals surface area contributed by atoms with Crippen LogP contribution in [0.2, 0.25) is 0 Å². The fourth-order valence-corrected chi connectivity index (χ4v) is 0.125. The molecule has 0 heterocycles. The van der Waals surface area contributed by atoms with Crippen molar-refractivity contribution in [3.63, 3.8) is 0 Å². The second-order valence-corrected chi connectivity index (χ2v) is 0.927. The van der Waals surface area contributed by atoms with E-state index in [1.807, 2.05) is 6.92 Å². The molecule has 0 aromatic heterocycles. The average molecular weight is 168 g/mol. The van der Waals surface area contributed by atoms with Crippen LogP contribution in [0.25, 0.3) is 0 Å². The first-order valence-electron chi connectivity index (χ1n) is 2.08. The van der Waals surface area contributed by atoms with Gasteiger partial charge in [-0.3, -0.25) is 0 Å². The summed E-state index contributed by atoms with van der Waals surface area (Å²) in [5.41, 5.74) is 0. The van der Waals surface area contributed by atoms with Crippen LogP contribution in [-0.2, 0) is 17.3 Å². The monoisotopic (exact) mass is 166 g/mol. The van der Waals surface area contributed by atoms with Gasteiger partial charge in [-0.1, -0.05) is 6.92 Å². The van der Waals surface area contributed by atoms with Crippen molar-refractivity contribution in [2.45, 2.75) is 19.8 Å². The summed E-state index contributed by atoms with van der Waals surface area (Å²) in [5.74, 6) is 2.27. The van der Waals surface area contributed by atoms with Gasteiger partial charge in [-0.15, -0.1) is 0 Å². The zero-order valence-corrected chi connectivity index (χ0v) is 8.22. The summed E-state index contributed by atoms with van der Waals surface area (Å²) in [6.45, 7) is 2.03. The van der Waals surface area contributed by atoms with Crippen LogP contribution in [-0.4, -0.2) is 0 Å². The molecule has 0 aromatic rings. The Morgan fingerprint density at radius 2 is 2.14 bits per heavy atom. The first-order chi connectivity index (χ1) is 3.41. The van der Waals surface area contributed by atoms with Crippen LogP contribution in [0.4, 0.5) is 0 Å². The van der Waals surface area contributed by atoms with E-state index >= 15 is 0 Å². The molecule has 0 aliphatic rings. The summed E-state index contributed by atoms with van der Waals surface area (Å²) < 4.78 is 0. The molecule has 0 radical (unpaired) electrons. The van der Waals surface area contributed by atoms with Gasteiger partial charge in [0.25, 0.3) is 0 Å². The van der Waals surface area contributed by atoms with Gasteiger partial charge in [0, 0.05) is 0 Å². The van der Waals surface area contributed by atoms with E-state index in [2.05, 4.69) is 5.92 Å². The molecule has 0 aromatic carbocycles. The standard InChI is InChI=1S/C5H7.ClH.Zn/c1-3-5-4-2;;/h3,5H2,1H3;1H;/q-1;;+2/p-1. The third-order valence-corrected chi connectivity index (χ3v) is 0.375. The number of hydrogen-bond donors (Lipinski definition) is 0. The number of rotatable bonds is 1. The van der Waals surface area contributed by atoms with Gasteiger partial charge in [0.05, 0.1) is 0 Å². The van der Waals surface area contributed by atoms with E-state index < -0.39 is 0 Å². The van der Waals surface area contributed by atoms with Crippen molar-refractivity contribution in [3.8, 4) is 5.92 Å². The molecule has 0 nitrogen and oxygen atoms in total. The minimum atomic E-state index is 0.806. The van der Waals surface area contributed by atoms with Crippen LogP contribution < -0.4 is 0 Å². The van der Waals surface area contributed by atoms with Gasteiger partial charge in [-0.25, -0.2) is 0 Å². The van der Waals surface area contributed by atoms with E-state index in [9.17, 15) is 0 Å². The second kappa shape index (κ2) is 16.1. The summed E-state index contributed by atoms with van der Waals surface area (Å²) in [6, 6.07) is 0. The van der Waals surface area contributed by atoms with Crippen LogP contribution in [0.5, 0.6) is 0 Å². The van der Waals surface area contributed by atoms with Crippen LogP contribution in [0.3, 0.4) is 0 Å². The van der Waals surface area contributed by atoms with Crippen LogP contribution in [0, 0.1) is 12.3 Å². The van der Waals surface area contributed by atoms with Gasteiger partial charge in [0.15, 0.2) is 0 Å². The first kappa shape index (κ1) is 10.5. The Morgan fingerprint density at radius 3 is 2.14 bits per heavy atom. The summed E-state index contributed by atoms with van der Waals surface area (Å²) in [5, 5.41) is 0. The number of hydrogen-bond acceptors (Lipinski definition) is 0. The maximum atomic E-state index is 6.35. The topological polar surface area (TPSA) is 0 Å². The molecule has 0 bridgehead atoms. The summed E-state index contributed by atoms with van der Waals surface area (Å²) in [6.07, 6.45) is 8.20. The number of unbranched alkanes of at least 4 members (excludes halogenated alkanes) is 1. The molecule has 0 rings (SSSR count). The normalized spacial score (nSPS) is 5.57. The van der Waals surface area contributed by atoms with Crippen molar-refractivity contribution in [2.75, 3.05) is 0 Å². The van der Waals surface area contributed by atoms with Crippen molar-refractivity contribution in [1.29, 1.82) is 0 Å². The molecule has 0 N–H and O–H groups in total. The van der Waals surface area contributed by atoms with E-state index in [-0.39, 0.29) is 0 Å². The van der Waals surface area contributed by atoms with E-state index in [4.69, 9.17) is 16.1 Å². The fraction of sp³-hybridized carbons (Fsp3) is 0.600. The molecule has 36 valence electrons. The Bertz CT molecular complexity index is 46.5. The van der Waals surface area contributed by atoms with Gasteiger partial charge in [-0.05, 0) is 12.8 Å². The van der Waals surface area contributed by atoms with Crippen molar-refractivity contribution in [1.82, 2.24) is 0 Å². The van der Waals surface area contributed by atoms with E-state index in [1.165, 1.54) is 0 Å². The van der Waals surface area contributed by atoms with Gasteiger partial charge >= 0.3 is 27.0 Å². The Morgan fingerprint density at radius 1 is 1.71 bits per heavy atom. The Labute approximate surface area is 59.4 Å². The summed E-state index contributed by atoms with van der Waals surface area (Å²) in [4.78, 5) is 0. The Hall–Kier alpha value is 0.473. The molecule has 0 aliphatic carbocycles. The molecular weight excluding hydrogens is 161 g/mol. The van der Waals surface area contributed by atoms with Crippen molar-refractivity contribution >= 4 is 9.69 Å². The number of halogens is 1. The van der Waals surface area contributed by atoms with Crippen LogP contribution in [0.15, 0.2) is 0 Å². The quantitative estimate of drug-likeness (QED) is 0.319. The SMILES string of the molecule is [C-]#CCCC.[Cl][Zn+]. The average Bonchev–Trinajstić information content (AvgIpc) is 1.75. The molecule has 2 heteroatoms. The molecule has 0 amide bonds. The Kier molecular flexibility index (Phi) is 24.0. The summed E-state index contributed by atoms with van der Waals surface area (Å²) >= 11 is 0.847. The predicted molar refractivity (Wildman–Crippen MR) is 27.9 cm³/mol. The van der Waals surface area contributed by atoms with E-state index in [1.54, 1.807) is 0 Å². The fourth-order valence-electron chi connectivity index (χ4n) is 0.125. The molecule has 0 saturated carbocycles. The van der Waals surface area contributed by atoms with Crippen molar-refractivity contribution in [2.24, 2.45) is 0 Å². The zero-order chi connectivity index (χ0) is 6.12. The molecule has 0 aliphatic heterocycles. The van der Waals surface area contributed by atoms with Crippen LogP contribution in [0.1, 0.15) is 19.8 Å². The van der Waals surface area contributed by atoms with Gasteiger partial charge in [0.2, 0.25) is 0 Å². The first-order valence-corrected chi connectivity index (χ1v) is 5.98. The predicted octanol–water partition coefficient (Wildman–Crippen LogP) is 2.06. The molecular formula is C5H7ClZn. The Balaban J connectivity index is 0. The van der Waals surface area contributed by atoms with E-state index in [0.29, 0.717) is 0 Å². The second-order valence-electron chi connectivity index (χ2n) is 0.927. The van der Waals surface area contributed by atoms with Crippen molar-refractivity contribution in [3.05, 3.63) is 6.42 Å². The van der Waals surface area contributed by atoms with E-state index in [0.717, 1.165) is 30.2 Å². The molecule has 0 spiro atoms. The molecule has 0 fully saturated rings. The minimum absolute atomic E-state index is 0.806.